The Morgan fingerprint density at radius 3 is 1.63 bits per heavy atom. The summed E-state index contributed by atoms with van der Waals surface area (Å²) in [5.41, 5.74) is 3.00. The second kappa shape index (κ2) is 14.8. The van der Waals surface area contributed by atoms with Gasteiger partial charge in [0.15, 0.2) is 0 Å². The van der Waals surface area contributed by atoms with Crippen molar-refractivity contribution >= 4 is 0 Å². The van der Waals surface area contributed by atoms with Crippen LogP contribution in [0.3, 0.4) is 0 Å². The predicted molar refractivity (Wildman–Crippen MR) is 154 cm³/mol. The van der Waals surface area contributed by atoms with E-state index >= 15 is 0 Å². The van der Waals surface area contributed by atoms with Crippen LogP contribution in [0.25, 0.3) is 0 Å². The molecule has 0 unspecified atom stereocenters. The van der Waals surface area contributed by atoms with E-state index < -0.39 is 30.7 Å². The molecule has 1 heterocycles. The second-order valence-electron chi connectivity index (χ2n) is 9.85. The number of benzene rings is 4. The van der Waals surface area contributed by atoms with Crippen molar-refractivity contribution in [3.8, 4) is 11.5 Å². The van der Waals surface area contributed by atoms with Gasteiger partial charge in [-0.1, -0.05) is 91.0 Å². The highest BCUT2D eigenvalue weighted by atomic mass is 16.7. The molecule has 4 aromatic carbocycles. The Hall–Kier alpha value is -3.72. The summed E-state index contributed by atoms with van der Waals surface area (Å²) in [5, 5.41) is 11.5. The molecular weight excluding hydrogens is 520 g/mol. The molecule has 1 aliphatic heterocycles. The molecule has 0 spiro atoms. The Morgan fingerprint density at radius 1 is 0.610 bits per heavy atom. The third-order valence-corrected chi connectivity index (χ3v) is 6.89. The Bertz CT molecular complexity index is 1290. The first-order chi connectivity index (χ1) is 20.2. The summed E-state index contributed by atoms with van der Waals surface area (Å²) in [7, 11) is 1.61. The van der Waals surface area contributed by atoms with Gasteiger partial charge in [0.2, 0.25) is 6.29 Å². The van der Waals surface area contributed by atoms with Crippen LogP contribution in [0.5, 0.6) is 11.5 Å². The molecular formula is C34H36O7. The van der Waals surface area contributed by atoms with Crippen LogP contribution in [-0.4, -0.2) is 49.5 Å². The summed E-state index contributed by atoms with van der Waals surface area (Å²) in [6, 6.07) is 36.8. The SMILES string of the molecule is COc1ccc(O[C@@H]2O[C@@H](COCc3ccccc3)[C@H](O)[C@H](OCc3ccccc3)[C@@H]2OCc2ccccc2)cc1. The van der Waals surface area contributed by atoms with E-state index in [1.807, 2.05) is 115 Å². The first-order valence-corrected chi connectivity index (χ1v) is 13.8. The summed E-state index contributed by atoms with van der Waals surface area (Å²) in [6.07, 6.45) is -4.09. The highest BCUT2D eigenvalue weighted by Crippen LogP contribution is 2.31. The number of hydrogen-bond acceptors (Lipinski definition) is 7. The third-order valence-electron chi connectivity index (χ3n) is 6.89. The maximum Gasteiger partial charge on any atom is 0.229 e. The van der Waals surface area contributed by atoms with Crippen LogP contribution < -0.4 is 9.47 Å². The van der Waals surface area contributed by atoms with Gasteiger partial charge in [0.1, 0.15) is 35.9 Å². The topological polar surface area (TPSA) is 75.6 Å². The molecule has 7 nitrogen and oxygen atoms in total. The van der Waals surface area contributed by atoms with Gasteiger partial charge in [0.25, 0.3) is 0 Å². The minimum absolute atomic E-state index is 0.148. The molecule has 0 bridgehead atoms. The van der Waals surface area contributed by atoms with E-state index in [4.69, 9.17) is 28.4 Å². The van der Waals surface area contributed by atoms with Crippen molar-refractivity contribution in [1.82, 2.24) is 0 Å². The minimum atomic E-state index is -1.02. The third kappa shape index (κ3) is 8.16. The van der Waals surface area contributed by atoms with Gasteiger partial charge in [0.05, 0.1) is 33.5 Å². The van der Waals surface area contributed by atoms with Crippen LogP contribution >= 0.6 is 0 Å². The van der Waals surface area contributed by atoms with Crippen molar-refractivity contribution in [3.05, 3.63) is 132 Å². The van der Waals surface area contributed by atoms with E-state index in [0.29, 0.717) is 31.3 Å². The lowest BCUT2D eigenvalue weighted by Gasteiger charge is -2.44. The molecule has 0 aromatic heterocycles. The van der Waals surface area contributed by atoms with Crippen molar-refractivity contribution in [2.75, 3.05) is 13.7 Å². The average Bonchev–Trinajstić information content (AvgIpc) is 3.03. The number of aliphatic hydroxyl groups is 1. The number of aliphatic hydroxyl groups excluding tert-OH is 1. The van der Waals surface area contributed by atoms with Crippen LogP contribution in [-0.2, 0) is 38.8 Å². The van der Waals surface area contributed by atoms with Crippen molar-refractivity contribution in [3.63, 3.8) is 0 Å². The minimum Gasteiger partial charge on any atom is -0.497 e. The lowest BCUT2D eigenvalue weighted by Crippen LogP contribution is -2.61. The fraction of sp³-hybridized carbons (Fsp3) is 0.294. The quantitative estimate of drug-likeness (QED) is 0.232. The highest BCUT2D eigenvalue weighted by molar-refractivity contribution is 5.31. The Kier molecular flexibility index (Phi) is 10.4. The van der Waals surface area contributed by atoms with E-state index in [9.17, 15) is 5.11 Å². The van der Waals surface area contributed by atoms with Crippen LogP contribution in [0.15, 0.2) is 115 Å². The molecule has 0 saturated carbocycles. The van der Waals surface area contributed by atoms with E-state index in [1.165, 1.54) is 0 Å². The zero-order chi connectivity index (χ0) is 28.3. The number of ether oxygens (including phenoxy) is 6. The summed E-state index contributed by atoms with van der Waals surface area (Å²) >= 11 is 0. The van der Waals surface area contributed by atoms with Crippen LogP contribution in [0.2, 0.25) is 0 Å². The van der Waals surface area contributed by atoms with Gasteiger partial charge < -0.3 is 33.5 Å². The van der Waals surface area contributed by atoms with Crippen molar-refractivity contribution in [2.45, 2.75) is 50.5 Å². The molecule has 5 atom stereocenters. The van der Waals surface area contributed by atoms with Crippen molar-refractivity contribution in [1.29, 1.82) is 0 Å². The fourth-order valence-corrected chi connectivity index (χ4v) is 4.68. The lowest BCUT2D eigenvalue weighted by molar-refractivity contribution is -0.301. The van der Waals surface area contributed by atoms with Crippen molar-refractivity contribution in [2.24, 2.45) is 0 Å². The molecule has 1 saturated heterocycles. The maximum absolute atomic E-state index is 11.5. The molecule has 41 heavy (non-hydrogen) atoms. The highest BCUT2D eigenvalue weighted by Gasteiger charge is 2.48. The summed E-state index contributed by atoms with van der Waals surface area (Å²) in [5.74, 6) is 1.29. The molecule has 0 aliphatic carbocycles. The van der Waals surface area contributed by atoms with Crippen LogP contribution in [0.1, 0.15) is 16.7 Å². The largest absolute Gasteiger partial charge is 0.497 e. The molecule has 4 aromatic rings. The van der Waals surface area contributed by atoms with Crippen LogP contribution in [0, 0.1) is 0 Å². The molecule has 1 fully saturated rings. The molecule has 7 heteroatoms. The Morgan fingerprint density at radius 2 is 1.10 bits per heavy atom. The Labute approximate surface area is 241 Å². The first kappa shape index (κ1) is 28.8. The molecule has 0 radical (unpaired) electrons. The van der Waals surface area contributed by atoms with E-state index in [-0.39, 0.29) is 6.61 Å². The van der Waals surface area contributed by atoms with Crippen molar-refractivity contribution < 1.29 is 33.5 Å². The number of hydrogen-bond donors (Lipinski definition) is 1. The van der Waals surface area contributed by atoms with Gasteiger partial charge in [-0.05, 0) is 41.0 Å². The zero-order valence-electron chi connectivity index (χ0n) is 23.1. The van der Waals surface area contributed by atoms with E-state index in [2.05, 4.69) is 0 Å². The molecule has 214 valence electrons. The molecule has 5 rings (SSSR count). The molecule has 0 amide bonds. The van der Waals surface area contributed by atoms with Gasteiger partial charge in [-0.15, -0.1) is 0 Å². The van der Waals surface area contributed by atoms with Gasteiger partial charge in [-0.2, -0.15) is 0 Å². The fourth-order valence-electron chi connectivity index (χ4n) is 4.68. The standard InChI is InChI=1S/C34H36O7/c1-36-28-17-19-29(20-18-28)40-34-33(39-23-27-15-9-4-10-16-27)32(38-22-26-13-7-3-8-14-26)31(35)30(41-34)24-37-21-25-11-5-2-6-12-25/h2-20,30-35H,21-24H2,1H3/t30-,31-,32-,33-,34+/m0/s1. The predicted octanol–water partition coefficient (Wildman–Crippen LogP) is 5.55. The van der Waals surface area contributed by atoms with Gasteiger partial charge in [-0.25, -0.2) is 0 Å². The summed E-state index contributed by atoms with van der Waals surface area (Å²) in [6.45, 7) is 1.13. The second-order valence-corrected chi connectivity index (χ2v) is 9.85. The van der Waals surface area contributed by atoms with Gasteiger partial charge >= 0.3 is 0 Å². The maximum atomic E-state index is 11.5. The summed E-state index contributed by atoms with van der Waals surface area (Å²) in [4.78, 5) is 0. The van der Waals surface area contributed by atoms with E-state index in [0.717, 1.165) is 16.7 Å². The molecule has 1 aliphatic rings. The smallest absolute Gasteiger partial charge is 0.229 e. The number of methoxy groups -OCH3 is 1. The first-order valence-electron chi connectivity index (χ1n) is 13.8. The Balaban J connectivity index is 1.37. The van der Waals surface area contributed by atoms with E-state index in [1.54, 1.807) is 7.11 Å². The zero-order valence-corrected chi connectivity index (χ0v) is 23.1. The molecule has 1 N–H and O–H groups in total. The monoisotopic (exact) mass is 556 g/mol. The average molecular weight is 557 g/mol. The lowest BCUT2D eigenvalue weighted by atomic mass is 9.98. The normalized spacial score (nSPS) is 22.2. The van der Waals surface area contributed by atoms with Crippen LogP contribution in [0.4, 0.5) is 0 Å². The summed E-state index contributed by atoms with van der Waals surface area (Å²) < 4.78 is 36.7. The van der Waals surface area contributed by atoms with Gasteiger partial charge in [0, 0.05) is 0 Å². The van der Waals surface area contributed by atoms with Gasteiger partial charge in [-0.3, -0.25) is 0 Å². The number of rotatable bonds is 13.